The molecule has 0 fully saturated rings. The number of rotatable bonds is 15. The van der Waals surface area contributed by atoms with Gasteiger partial charge in [-0.3, -0.25) is 5.43 Å². The Morgan fingerprint density at radius 2 is 1.79 bits per heavy atom. The van der Waals surface area contributed by atoms with Crippen molar-refractivity contribution in [3.05, 3.63) is 91.7 Å². The van der Waals surface area contributed by atoms with Crippen LogP contribution in [0.15, 0.2) is 71.0 Å². The minimum Gasteiger partial charge on any atom is -0.490 e. The average molecular weight is 759 g/mol. The first-order valence-corrected chi connectivity index (χ1v) is 16.1. The number of aryl methyl sites for hydroxylation is 1. The van der Waals surface area contributed by atoms with Gasteiger partial charge in [0.25, 0.3) is 0 Å². The number of aliphatic hydroxyl groups excluding tert-OH is 1. The number of amides is 2. The zero-order valence-electron chi connectivity index (χ0n) is 26.9. The molecule has 1 heterocycles. The molecule has 0 saturated heterocycles. The second kappa shape index (κ2) is 16.9. The Kier molecular flexibility index (Phi) is 12.7. The summed E-state index contributed by atoms with van der Waals surface area (Å²) in [6.07, 6.45) is 0.420. The van der Waals surface area contributed by atoms with Crippen LogP contribution in [0, 0.1) is 10.5 Å². The van der Waals surface area contributed by atoms with Crippen LogP contribution in [0.4, 0.5) is 4.79 Å². The van der Waals surface area contributed by atoms with Crippen molar-refractivity contribution in [2.45, 2.75) is 46.6 Å². The molecule has 4 rings (SSSR count). The maximum absolute atomic E-state index is 12.5. The number of hydrazone groups is 1. The number of hydrogen-bond acceptors (Lipinski definition) is 10. The number of ether oxygens (including phenoxy) is 5. The Morgan fingerprint density at radius 3 is 2.51 bits per heavy atom. The molecule has 250 valence electrons. The molecule has 3 aromatic rings. The number of urea groups is 1. The van der Waals surface area contributed by atoms with E-state index in [4.69, 9.17) is 23.7 Å². The highest BCUT2D eigenvalue weighted by Gasteiger charge is 2.32. The van der Waals surface area contributed by atoms with Crippen molar-refractivity contribution in [1.82, 2.24) is 16.1 Å². The standard InChI is InChI=1S/C34H39IN4O8/c1-6-44-27-16-24(31-30(33(41)43-5)21(4)37-34(42)38-31)11-12-26(27)46-19-29(40)39-36-17-23-14-25(35)32(28(15-23)45-7-2)47-18-22-10-8-9-20(3)13-22/h8-17,29,31,39-40H,6-7,18-19H2,1-5H3,(H2,37,38,42)/b36-17-/t29-,31+/m1/s1. The summed E-state index contributed by atoms with van der Waals surface area (Å²) in [7, 11) is 1.28. The summed E-state index contributed by atoms with van der Waals surface area (Å²) in [6, 6.07) is 15.7. The van der Waals surface area contributed by atoms with Gasteiger partial charge in [0.05, 0.1) is 41.7 Å². The van der Waals surface area contributed by atoms with Crippen LogP contribution >= 0.6 is 22.6 Å². The largest absolute Gasteiger partial charge is 0.490 e. The third-order valence-electron chi connectivity index (χ3n) is 6.91. The van der Waals surface area contributed by atoms with Crippen LogP contribution in [0.25, 0.3) is 0 Å². The molecule has 1 aliphatic heterocycles. The van der Waals surface area contributed by atoms with E-state index in [1.165, 1.54) is 7.11 Å². The molecule has 2 amide bonds. The third kappa shape index (κ3) is 9.51. The van der Waals surface area contributed by atoms with Crippen molar-refractivity contribution >= 4 is 40.8 Å². The predicted octanol–water partition coefficient (Wildman–Crippen LogP) is 5.10. The molecule has 4 N–H and O–H groups in total. The summed E-state index contributed by atoms with van der Waals surface area (Å²) < 4.78 is 29.4. The highest BCUT2D eigenvalue weighted by Crippen LogP contribution is 2.36. The van der Waals surface area contributed by atoms with E-state index >= 15 is 0 Å². The van der Waals surface area contributed by atoms with Gasteiger partial charge >= 0.3 is 12.0 Å². The Bertz CT molecular complexity index is 1640. The Morgan fingerprint density at radius 1 is 1.02 bits per heavy atom. The van der Waals surface area contributed by atoms with E-state index in [2.05, 4.69) is 49.8 Å². The molecule has 0 unspecified atom stereocenters. The van der Waals surface area contributed by atoms with Gasteiger partial charge in [-0.1, -0.05) is 35.9 Å². The number of nitrogens with one attached hydrogen (secondary N) is 3. The Hall–Kier alpha value is -4.50. The maximum Gasteiger partial charge on any atom is 0.337 e. The minimum atomic E-state index is -1.15. The van der Waals surface area contributed by atoms with E-state index in [1.54, 1.807) is 31.3 Å². The van der Waals surface area contributed by atoms with E-state index in [0.29, 0.717) is 54.1 Å². The quantitative estimate of drug-likeness (QED) is 0.0547. The van der Waals surface area contributed by atoms with Gasteiger partial charge in [0.1, 0.15) is 13.2 Å². The average Bonchev–Trinajstić information content (AvgIpc) is 3.03. The number of carbonyl (C=O) groups excluding carboxylic acids is 2. The van der Waals surface area contributed by atoms with Gasteiger partial charge in [-0.15, -0.1) is 0 Å². The summed E-state index contributed by atoms with van der Waals surface area (Å²) in [5.74, 6) is 1.41. The van der Waals surface area contributed by atoms with E-state index in [1.807, 2.05) is 51.1 Å². The molecule has 0 saturated carbocycles. The fourth-order valence-electron chi connectivity index (χ4n) is 4.84. The molecule has 47 heavy (non-hydrogen) atoms. The molecule has 0 radical (unpaired) electrons. The lowest BCUT2D eigenvalue weighted by Crippen LogP contribution is -2.45. The lowest BCUT2D eigenvalue weighted by molar-refractivity contribution is -0.136. The SMILES string of the molecule is CCOc1cc([C@@H]2NC(=O)NC(C)=C2C(=O)OC)ccc1OC[C@@H](O)N/N=C\c1cc(I)c(OCc2cccc(C)c2)c(OCC)c1. The smallest absolute Gasteiger partial charge is 0.337 e. The molecule has 0 spiro atoms. The fourth-order valence-corrected chi connectivity index (χ4v) is 5.62. The summed E-state index contributed by atoms with van der Waals surface area (Å²) in [5.41, 5.74) is 6.89. The first-order chi connectivity index (χ1) is 22.6. The molecule has 13 heteroatoms. The monoisotopic (exact) mass is 758 g/mol. The highest BCUT2D eigenvalue weighted by molar-refractivity contribution is 14.1. The van der Waals surface area contributed by atoms with Crippen molar-refractivity contribution in [2.24, 2.45) is 5.10 Å². The maximum atomic E-state index is 12.5. The van der Waals surface area contributed by atoms with E-state index in [0.717, 1.165) is 20.3 Å². The van der Waals surface area contributed by atoms with Crippen LogP contribution in [-0.2, 0) is 16.1 Å². The number of halogens is 1. The zero-order chi connectivity index (χ0) is 33.9. The second-order valence-electron chi connectivity index (χ2n) is 10.5. The number of esters is 1. The molecule has 0 bridgehead atoms. The van der Waals surface area contributed by atoms with E-state index < -0.39 is 24.3 Å². The molecule has 3 aromatic carbocycles. The van der Waals surface area contributed by atoms with Gasteiger partial charge < -0.3 is 39.4 Å². The third-order valence-corrected chi connectivity index (χ3v) is 7.71. The summed E-state index contributed by atoms with van der Waals surface area (Å²) in [5, 5.41) is 20.1. The predicted molar refractivity (Wildman–Crippen MR) is 185 cm³/mol. The van der Waals surface area contributed by atoms with Gasteiger partial charge in [-0.05, 0) is 91.2 Å². The molecule has 1 aliphatic rings. The second-order valence-corrected chi connectivity index (χ2v) is 11.6. The molecule has 2 atom stereocenters. The number of allylic oxidation sites excluding steroid dienone is 1. The molecule has 12 nitrogen and oxygen atoms in total. The number of benzene rings is 3. The summed E-state index contributed by atoms with van der Waals surface area (Å²) >= 11 is 2.20. The highest BCUT2D eigenvalue weighted by atomic mass is 127. The fraction of sp³-hybridized carbons (Fsp3) is 0.324. The van der Waals surface area contributed by atoms with Gasteiger partial charge in [0, 0.05) is 5.70 Å². The van der Waals surface area contributed by atoms with Crippen molar-refractivity contribution in [3.63, 3.8) is 0 Å². The van der Waals surface area contributed by atoms with Crippen LogP contribution in [0.2, 0.25) is 0 Å². The lowest BCUT2D eigenvalue weighted by Gasteiger charge is -2.28. The zero-order valence-corrected chi connectivity index (χ0v) is 29.0. The van der Waals surface area contributed by atoms with Gasteiger partial charge in [-0.25, -0.2) is 9.59 Å². The minimum absolute atomic E-state index is 0.152. The number of aliphatic hydroxyl groups is 1. The molecular weight excluding hydrogens is 719 g/mol. The number of hydrogen-bond donors (Lipinski definition) is 4. The van der Waals surface area contributed by atoms with Gasteiger partial charge in [0.2, 0.25) is 0 Å². The number of methoxy groups -OCH3 is 1. The van der Waals surface area contributed by atoms with Crippen LogP contribution in [0.5, 0.6) is 23.0 Å². The van der Waals surface area contributed by atoms with Crippen molar-refractivity contribution < 1.29 is 38.4 Å². The number of carbonyl (C=O) groups is 2. The lowest BCUT2D eigenvalue weighted by atomic mass is 9.95. The van der Waals surface area contributed by atoms with E-state index in [-0.39, 0.29) is 12.2 Å². The molecule has 0 aliphatic carbocycles. The van der Waals surface area contributed by atoms with Crippen molar-refractivity contribution in [3.8, 4) is 23.0 Å². The van der Waals surface area contributed by atoms with E-state index in [9.17, 15) is 14.7 Å². The van der Waals surface area contributed by atoms with Crippen LogP contribution in [0.1, 0.15) is 49.1 Å². The van der Waals surface area contributed by atoms with Gasteiger partial charge in [0.15, 0.2) is 29.2 Å². The molecule has 0 aromatic heterocycles. The topological polar surface area (TPSA) is 149 Å². The Balaban J connectivity index is 1.40. The van der Waals surface area contributed by atoms with Crippen LogP contribution in [0.3, 0.4) is 0 Å². The van der Waals surface area contributed by atoms with Gasteiger partial charge in [-0.2, -0.15) is 5.10 Å². The Labute approximate surface area is 287 Å². The normalized spacial score (nSPS) is 15.0. The first kappa shape index (κ1) is 35.4. The summed E-state index contributed by atoms with van der Waals surface area (Å²) in [6.45, 7) is 8.45. The van der Waals surface area contributed by atoms with Crippen molar-refractivity contribution in [1.29, 1.82) is 0 Å². The van der Waals surface area contributed by atoms with Crippen LogP contribution < -0.4 is 35.0 Å². The molecular formula is C34H39IN4O8. The first-order valence-electron chi connectivity index (χ1n) is 15.0. The van der Waals surface area contributed by atoms with Crippen LogP contribution in [-0.4, -0.2) is 56.5 Å². The van der Waals surface area contributed by atoms with Crippen molar-refractivity contribution in [2.75, 3.05) is 26.9 Å². The number of nitrogens with zero attached hydrogens (tertiary/aromatic N) is 1. The summed E-state index contributed by atoms with van der Waals surface area (Å²) in [4.78, 5) is 24.7.